The van der Waals surface area contributed by atoms with Gasteiger partial charge in [-0.2, -0.15) is 0 Å². The fourth-order valence-electron chi connectivity index (χ4n) is 0.744. The number of carbonyl (C=O) groups excluding carboxylic acids is 1. The minimum Gasteiger partial charge on any atom is -0.477 e. The van der Waals surface area contributed by atoms with Crippen molar-refractivity contribution in [3.63, 3.8) is 0 Å². The third-order valence-electron chi connectivity index (χ3n) is 1.24. The van der Waals surface area contributed by atoms with Gasteiger partial charge >= 0.3 is 5.97 Å². The second kappa shape index (κ2) is 3.05. The first kappa shape index (κ1) is 8.91. The van der Waals surface area contributed by atoms with Crippen LogP contribution in [0.4, 0.5) is 0 Å². The number of aromatic nitrogens is 2. The lowest BCUT2D eigenvalue weighted by Gasteiger charge is -1.98. The van der Waals surface area contributed by atoms with Crippen LogP contribution < -0.4 is 11.3 Å². The molecule has 7 heteroatoms. The van der Waals surface area contributed by atoms with Gasteiger partial charge in [0.25, 0.3) is 11.5 Å². The average molecular weight is 183 g/mol. The zero-order valence-electron chi connectivity index (χ0n) is 6.27. The molecule has 0 unspecified atom stereocenters. The number of hydrogen-bond acceptors (Lipinski definition) is 4. The first-order valence-electron chi connectivity index (χ1n) is 3.15. The fourth-order valence-corrected chi connectivity index (χ4v) is 0.744. The zero-order valence-corrected chi connectivity index (χ0v) is 6.27. The number of carboxylic acid groups (broad SMARTS) is 1. The zero-order chi connectivity index (χ0) is 10.0. The normalized spacial score (nSPS) is 9.54. The molecule has 0 saturated carbocycles. The summed E-state index contributed by atoms with van der Waals surface area (Å²) in [7, 11) is 0. The Morgan fingerprint density at radius 3 is 2.62 bits per heavy atom. The summed E-state index contributed by atoms with van der Waals surface area (Å²) in [6.45, 7) is 0. The van der Waals surface area contributed by atoms with Crippen LogP contribution in [0.2, 0.25) is 0 Å². The van der Waals surface area contributed by atoms with E-state index in [1.54, 1.807) is 0 Å². The van der Waals surface area contributed by atoms with Gasteiger partial charge in [-0.3, -0.25) is 9.59 Å². The SMILES string of the molecule is NC(=O)c1ncc(=O)[nH]c1C(=O)O. The second-order valence-corrected chi connectivity index (χ2v) is 2.14. The highest BCUT2D eigenvalue weighted by Gasteiger charge is 2.16. The van der Waals surface area contributed by atoms with E-state index in [2.05, 4.69) is 4.98 Å². The van der Waals surface area contributed by atoms with Crippen LogP contribution in [0.5, 0.6) is 0 Å². The molecule has 0 aliphatic heterocycles. The van der Waals surface area contributed by atoms with Crippen molar-refractivity contribution >= 4 is 11.9 Å². The van der Waals surface area contributed by atoms with Gasteiger partial charge in [0.05, 0.1) is 6.20 Å². The third kappa shape index (κ3) is 1.70. The number of carboxylic acids is 1. The van der Waals surface area contributed by atoms with Crippen LogP contribution in [0.25, 0.3) is 0 Å². The lowest BCUT2D eigenvalue weighted by atomic mass is 10.3. The number of primary amides is 1. The van der Waals surface area contributed by atoms with Crippen molar-refractivity contribution in [2.45, 2.75) is 0 Å². The number of aromatic amines is 1. The molecule has 68 valence electrons. The molecule has 1 amide bonds. The highest BCUT2D eigenvalue weighted by atomic mass is 16.4. The maximum Gasteiger partial charge on any atom is 0.354 e. The lowest BCUT2D eigenvalue weighted by Crippen LogP contribution is -2.23. The van der Waals surface area contributed by atoms with Gasteiger partial charge in [0, 0.05) is 0 Å². The molecule has 0 radical (unpaired) electrons. The number of amides is 1. The average Bonchev–Trinajstić information content (AvgIpc) is 2.03. The summed E-state index contributed by atoms with van der Waals surface area (Å²) < 4.78 is 0. The predicted octanol–water partition coefficient (Wildman–Crippen LogP) is -1.43. The summed E-state index contributed by atoms with van der Waals surface area (Å²) >= 11 is 0. The molecule has 0 aliphatic rings. The van der Waals surface area contributed by atoms with Crippen molar-refractivity contribution in [2.75, 3.05) is 0 Å². The van der Waals surface area contributed by atoms with Crippen LogP contribution >= 0.6 is 0 Å². The van der Waals surface area contributed by atoms with E-state index in [1.165, 1.54) is 0 Å². The molecule has 0 bridgehead atoms. The molecular formula is C6H5N3O4. The van der Waals surface area contributed by atoms with E-state index >= 15 is 0 Å². The van der Waals surface area contributed by atoms with Gasteiger partial charge in [0.2, 0.25) is 0 Å². The van der Waals surface area contributed by atoms with Crippen molar-refractivity contribution in [3.8, 4) is 0 Å². The van der Waals surface area contributed by atoms with Crippen molar-refractivity contribution in [2.24, 2.45) is 5.73 Å². The highest BCUT2D eigenvalue weighted by molar-refractivity contribution is 6.01. The summed E-state index contributed by atoms with van der Waals surface area (Å²) in [5.74, 6) is -2.47. The Kier molecular flexibility index (Phi) is 2.09. The summed E-state index contributed by atoms with van der Waals surface area (Å²) in [5, 5.41) is 8.52. The van der Waals surface area contributed by atoms with Gasteiger partial charge in [-0.15, -0.1) is 0 Å². The van der Waals surface area contributed by atoms with Crippen LogP contribution in [0.15, 0.2) is 11.0 Å². The van der Waals surface area contributed by atoms with E-state index in [-0.39, 0.29) is 0 Å². The minimum absolute atomic E-state index is 0.466. The number of rotatable bonds is 2. The number of aromatic carboxylic acids is 1. The molecule has 1 aromatic rings. The van der Waals surface area contributed by atoms with E-state index in [9.17, 15) is 14.4 Å². The topological polar surface area (TPSA) is 126 Å². The number of hydrogen-bond donors (Lipinski definition) is 3. The number of carbonyl (C=O) groups is 2. The van der Waals surface area contributed by atoms with Crippen molar-refractivity contribution in [1.82, 2.24) is 9.97 Å². The van der Waals surface area contributed by atoms with Gasteiger partial charge in [-0.25, -0.2) is 9.78 Å². The first-order chi connectivity index (χ1) is 6.02. The molecule has 0 fully saturated rings. The maximum absolute atomic E-state index is 10.6. The molecule has 0 atom stereocenters. The first-order valence-corrected chi connectivity index (χ1v) is 3.15. The van der Waals surface area contributed by atoms with Crippen molar-refractivity contribution in [3.05, 3.63) is 27.9 Å². The summed E-state index contributed by atoms with van der Waals surface area (Å²) in [6, 6.07) is 0. The number of nitrogens with one attached hydrogen (secondary N) is 1. The number of H-pyrrole nitrogens is 1. The fraction of sp³-hybridized carbons (Fsp3) is 0. The molecule has 1 heterocycles. The summed E-state index contributed by atoms with van der Waals surface area (Å²) in [4.78, 5) is 36.9. The van der Waals surface area contributed by atoms with E-state index in [4.69, 9.17) is 10.8 Å². The molecule has 1 aromatic heterocycles. The van der Waals surface area contributed by atoms with Crippen LogP contribution in [-0.2, 0) is 0 Å². The Balaban J connectivity index is 3.44. The largest absolute Gasteiger partial charge is 0.477 e. The Labute approximate surface area is 71.2 Å². The van der Waals surface area contributed by atoms with E-state index < -0.39 is 28.8 Å². The highest BCUT2D eigenvalue weighted by Crippen LogP contribution is 1.97. The van der Waals surface area contributed by atoms with E-state index in [1.807, 2.05) is 4.98 Å². The number of nitrogens with zero attached hydrogens (tertiary/aromatic N) is 1. The molecule has 13 heavy (non-hydrogen) atoms. The Bertz CT molecular complexity index is 422. The van der Waals surface area contributed by atoms with Gasteiger partial charge in [-0.1, -0.05) is 0 Å². The van der Waals surface area contributed by atoms with Gasteiger partial charge in [-0.05, 0) is 0 Å². The minimum atomic E-state index is -1.46. The molecule has 1 rings (SSSR count). The Morgan fingerprint density at radius 1 is 1.54 bits per heavy atom. The quantitative estimate of drug-likeness (QED) is 0.517. The monoisotopic (exact) mass is 183 g/mol. The van der Waals surface area contributed by atoms with Crippen molar-refractivity contribution in [1.29, 1.82) is 0 Å². The van der Waals surface area contributed by atoms with Crippen molar-refractivity contribution < 1.29 is 14.7 Å². The summed E-state index contributed by atoms with van der Waals surface area (Å²) in [6.07, 6.45) is 0.784. The Hall–Kier alpha value is -2.18. The molecule has 0 aromatic carbocycles. The molecule has 0 saturated heterocycles. The predicted molar refractivity (Wildman–Crippen MR) is 40.3 cm³/mol. The molecule has 0 spiro atoms. The molecule has 7 nitrogen and oxygen atoms in total. The van der Waals surface area contributed by atoms with Crippen LogP contribution in [-0.4, -0.2) is 27.0 Å². The molecule has 4 N–H and O–H groups in total. The smallest absolute Gasteiger partial charge is 0.354 e. The second-order valence-electron chi connectivity index (χ2n) is 2.14. The van der Waals surface area contributed by atoms with Crippen LogP contribution in [0.1, 0.15) is 21.0 Å². The standard InChI is InChI=1S/C6H5N3O4/c7-5(11)3-4(6(12)13)9-2(10)1-8-3/h1H,(H2,7,11)(H,9,10)(H,12,13). The molecule has 0 aliphatic carbocycles. The van der Waals surface area contributed by atoms with Gasteiger partial charge < -0.3 is 15.8 Å². The van der Waals surface area contributed by atoms with Crippen LogP contribution in [0, 0.1) is 0 Å². The van der Waals surface area contributed by atoms with E-state index in [0.29, 0.717) is 0 Å². The lowest BCUT2D eigenvalue weighted by molar-refractivity contribution is 0.0684. The Morgan fingerprint density at radius 2 is 2.15 bits per heavy atom. The third-order valence-corrected chi connectivity index (χ3v) is 1.24. The van der Waals surface area contributed by atoms with Crippen LogP contribution in [0.3, 0.4) is 0 Å². The molecular weight excluding hydrogens is 178 g/mol. The van der Waals surface area contributed by atoms with Gasteiger partial charge in [0.15, 0.2) is 11.4 Å². The van der Waals surface area contributed by atoms with E-state index in [0.717, 1.165) is 6.20 Å². The maximum atomic E-state index is 10.6. The summed E-state index contributed by atoms with van der Waals surface area (Å²) in [5.41, 5.74) is 3.05. The number of nitrogens with two attached hydrogens (primary N) is 1. The van der Waals surface area contributed by atoms with Gasteiger partial charge in [0.1, 0.15) is 0 Å².